The molecule has 2 saturated carbocycles. The molecule has 0 unspecified atom stereocenters. The van der Waals surface area contributed by atoms with Crippen molar-refractivity contribution in [2.75, 3.05) is 13.1 Å². The fourth-order valence-electron chi connectivity index (χ4n) is 4.04. The maximum absolute atomic E-state index is 12.3. The Balaban J connectivity index is 1.33. The average Bonchev–Trinajstić information content (AvgIpc) is 3.03. The largest absolute Gasteiger partial charge is 0.468 e. The normalized spacial score (nSPS) is 29.5. The molecule has 4 rings (SSSR count). The minimum absolute atomic E-state index is 0.278. The zero-order chi connectivity index (χ0) is 14.9. The monoisotopic (exact) mass is 302 g/mol. The third-order valence-electron chi connectivity index (χ3n) is 5.67. The molecular weight excluding hydrogens is 276 g/mol. The highest BCUT2D eigenvalue weighted by Crippen LogP contribution is 2.42. The van der Waals surface area contributed by atoms with Gasteiger partial charge in [-0.25, -0.2) is 0 Å². The molecule has 1 saturated heterocycles. The molecule has 1 aromatic heterocycles. The Kier molecular flexibility index (Phi) is 3.95. The Hall–Kier alpha value is -1.29. The summed E-state index contributed by atoms with van der Waals surface area (Å²) >= 11 is 0. The van der Waals surface area contributed by atoms with Crippen LogP contribution in [-0.2, 0) is 11.3 Å². The fourth-order valence-corrected chi connectivity index (χ4v) is 4.04. The standard InChI is InChI=1S/C18H26N2O2/c21-18(9-13-3-1-4-13)19-17-12-20(10-15-5-2-8-22-15)11-16(17)14-6-7-14/h2,5,8,13-14,16-17H,1,3-4,6-7,9-12H2,(H,19,21)/t16-,17+/m1/s1. The van der Waals surface area contributed by atoms with Crippen molar-refractivity contribution in [3.63, 3.8) is 0 Å². The lowest BCUT2D eigenvalue weighted by Crippen LogP contribution is -2.42. The lowest BCUT2D eigenvalue weighted by atomic mass is 9.82. The lowest BCUT2D eigenvalue weighted by molar-refractivity contribution is -0.123. The van der Waals surface area contributed by atoms with E-state index in [1.165, 1.54) is 32.1 Å². The summed E-state index contributed by atoms with van der Waals surface area (Å²) in [6.07, 6.45) is 8.96. The van der Waals surface area contributed by atoms with Gasteiger partial charge in [-0.2, -0.15) is 0 Å². The smallest absolute Gasteiger partial charge is 0.220 e. The van der Waals surface area contributed by atoms with Crippen LogP contribution in [-0.4, -0.2) is 29.9 Å². The number of hydrogen-bond donors (Lipinski definition) is 1. The van der Waals surface area contributed by atoms with Crippen molar-refractivity contribution in [3.8, 4) is 0 Å². The van der Waals surface area contributed by atoms with Gasteiger partial charge in [0.25, 0.3) is 0 Å². The summed E-state index contributed by atoms with van der Waals surface area (Å²) in [7, 11) is 0. The van der Waals surface area contributed by atoms with Gasteiger partial charge in [-0.1, -0.05) is 6.42 Å². The molecule has 1 N–H and O–H groups in total. The highest BCUT2D eigenvalue weighted by molar-refractivity contribution is 5.76. The van der Waals surface area contributed by atoms with Gasteiger partial charge in [-0.05, 0) is 55.6 Å². The van der Waals surface area contributed by atoms with Crippen molar-refractivity contribution >= 4 is 5.91 Å². The van der Waals surface area contributed by atoms with Gasteiger partial charge < -0.3 is 9.73 Å². The molecule has 3 aliphatic rings. The lowest BCUT2D eigenvalue weighted by Gasteiger charge is -2.26. The van der Waals surface area contributed by atoms with Gasteiger partial charge >= 0.3 is 0 Å². The molecule has 1 amide bonds. The molecular formula is C18H26N2O2. The molecule has 2 heterocycles. The first-order chi connectivity index (χ1) is 10.8. The highest BCUT2D eigenvalue weighted by Gasteiger charge is 2.43. The molecule has 4 heteroatoms. The maximum atomic E-state index is 12.3. The molecule has 3 fully saturated rings. The number of amides is 1. The van der Waals surface area contributed by atoms with E-state index in [9.17, 15) is 4.79 Å². The van der Waals surface area contributed by atoms with Crippen molar-refractivity contribution in [2.45, 2.75) is 51.1 Å². The number of carbonyl (C=O) groups is 1. The molecule has 0 spiro atoms. The first-order valence-electron chi connectivity index (χ1n) is 8.82. The number of nitrogens with zero attached hydrogens (tertiary/aromatic N) is 1. The summed E-state index contributed by atoms with van der Waals surface area (Å²) in [5.74, 6) is 3.42. The van der Waals surface area contributed by atoms with Crippen molar-refractivity contribution in [1.82, 2.24) is 10.2 Å². The zero-order valence-corrected chi connectivity index (χ0v) is 13.2. The molecule has 1 aliphatic heterocycles. The Morgan fingerprint density at radius 3 is 2.77 bits per heavy atom. The predicted octanol–water partition coefficient (Wildman–Crippen LogP) is 2.80. The van der Waals surface area contributed by atoms with Gasteiger partial charge in [-0.15, -0.1) is 0 Å². The van der Waals surface area contributed by atoms with E-state index in [1.54, 1.807) is 6.26 Å². The number of likely N-dealkylation sites (tertiary alicyclic amines) is 1. The van der Waals surface area contributed by atoms with Crippen molar-refractivity contribution in [3.05, 3.63) is 24.2 Å². The molecule has 22 heavy (non-hydrogen) atoms. The Morgan fingerprint density at radius 2 is 2.14 bits per heavy atom. The summed E-state index contributed by atoms with van der Waals surface area (Å²) in [5, 5.41) is 3.35. The molecule has 2 aliphatic carbocycles. The van der Waals surface area contributed by atoms with Crippen LogP contribution in [0.25, 0.3) is 0 Å². The molecule has 1 aromatic rings. The first kappa shape index (κ1) is 14.3. The SMILES string of the molecule is O=C(CC1CCC1)N[C@H]1CN(Cc2ccco2)C[C@@H]1C1CC1. The summed E-state index contributed by atoms with van der Waals surface area (Å²) in [4.78, 5) is 14.7. The topological polar surface area (TPSA) is 45.5 Å². The van der Waals surface area contributed by atoms with E-state index in [0.29, 0.717) is 17.9 Å². The van der Waals surface area contributed by atoms with Crippen molar-refractivity contribution in [1.29, 1.82) is 0 Å². The molecule has 2 atom stereocenters. The number of carbonyl (C=O) groups excluding carboxylic acids is 1. The third kappa shape index (κ3) is 3.22. The van der Waals surface area contributed by atoms with E-state index in [4.69, 9.17) is 4.42 Å². The van der Waals surface area contributed by atoms with Crippen LogP contribution in [0.15, 0.2) is 22.8 Å². The second-order valence-corrected chi connectivity index (χ2v) is 7.45. The second kappa shape index (κ2) is 6.07. The predicted molar refractivity (Wildman–Crippen MR) is 84.1 cm³/mol. The van der Waals surface area contributed by atoms with Crippen molar-refractivity contribution < 1.29 is 9.21 Å². The van der Waals surface area contributed by atoms with E-state index in [2.05, 4.69) is 10.2 Å². The van der Waals surface area contributed by atoms with E-state index in [-0.39, 0.29) is 5.91 Å². The minimum Gasteiger partial charge on any atom is -0.468 e. The molecule has 0 aromatic carbocycles. The summed E-state index contributed by atoms with van der Waals surface area (Å²) in [6.45, 7) is 2.93. The van der Waals surface area contributed by atoms with Gasteiger partial charge in [0, 0.05) is 25.6 Å². The van der Waals surface area contributed by atoms with E-state index in [1.807, 2.05) is 12.1 Å². The van der Waals surface area contributed by atoms with Crippen LogP contribution < -0.4 is 5.32 Å². The number of hydrogen-bond acceptors (Lipinski definition) is 3. The van der Waals surface area contributed by atoms with E-state index in [0.717, 1.165) is 37.7 Å². The van der Waals surface area contributed by atoms with Gasteiger partial charge in [0.2, 0.25) is 5.91 Å². The van der Waals surface area contributed by atoms with Gasteiger partial charge in [0.05, 0.1) is 12.8 Å². The second-order valence-electron chi connectivity index (χ2n) is 7.45. The number of furan rings is 1. The quantitative estimate of drug-likeness (QED) is 0.879. The number of nitrogens with one attached hydrogen (secondary N) is 1. The molecule has 120 valence electrons. The van der Waals surface area contributed by atoms with E-state index < -0.39 is 0 Å². The molecule has 4 nitrogen and oxygen atoms in total. The van der Waals surface area contributed by atoms with E-state index >= 15 is 0 Å². The average molecular weight is 302 g/mol. The minimum atomic E-state index is 0.278. The fraction of sp³-hybridized carbons (Fsp3) is 0.722. The number of rotatable bonds is 6. The zero-order valence-electron chi connectivity index (χ0n) is 13.2. The molecule has 0 radical (unpaired) electrons. The summed E-state index contributed by atoms with van der Waals surface area (Å²) < 4.78 is 5.47. The highest BCUT2D eigenvalue weighted by atomic mass is 16.3. The van der Waals surface area contributed by atoms with Crippen LogP contribution in [0.1, 0.15) is 44.3 Å². The van der Waals surface area contributed by atoms with Crippen molar-refractivity contribution in [2.24, 2.45) is 17.8 Å². The molecule has 0 bridgehead atoms. The Labute approximate surface area is 132 Å². The Morgan fingerprint density at radius 1 is 1.27 bits per heavy atom. The van der Waals surface area contributed by atoms with Crippen LogP contribution in [0.3, 0.4) is 0 Å². The summed E-state index contributed by atoms with van der Waals surface area (Å²) in [6, 6.07) is 4.33. The van der Waals surface area contributed by atoms with Gasteiger partial charge in [0.15, 0.2) is 0 Å². The third-order valence-corrected chi connectivity index (χ3v) is 5.67. The van der Waals surface area contributed by atoms with Crippen LogP contribution in [0, 0.1) is 17.8 Å². The Bertz CT molecular complexity index is 505. The van der Waals surface area contributed by atoms with Gasteiger partial charge in [0.1, 0.15) is 5.76 Å². The van der Waals surface area contributed by atoms with Crippen LogP contribution in [0.2, 0.25) is 0 Å². The van der Waals surface area contributed by atoms with Gasteiger partial charge in [-0.3, -0.25) is 9.69 Å². The summed E-state index contributed by atoms with van der Waals surface area (Å²) in [5.41, 5.74) is 0. The van der Waals surface area contributed by atoms with Crippen LogP contribution in [0.5, 0.6) is 0 Å². The van der Waals surface area contributed by atoms with Crippen LogP contribution in [0.4, 0.5) is 0 Å². The maximum Gasteiger partial charge on any atom is 0.220 e. The first-order valence-corrected chi connectivity index (χ1v) is 8.82. The van der Waals surface area contributed by atoms with Crippen LogP contribution >= 0.6 is 0 Å².